The van der Waals surface area contributed by atoms with E-state index in [1.54, 1.807) is 0 Å². The monoisotopic (exact) mass is 237 g/mol. The summed E-state index contributed by atoms with van der Waals surface area (Å²) in [7, 11) is 0. The van der Waals surface area contributed by atoms with Gasteiger partial charge in [-0.2, -0.15) is 0 Å². The summed E-state index contributed by atoms with van der Waals surface area (Å²) in [5.74, 6) is -0.167. The van der Waals surface area contributed by atoms with Gasteiger partial charge in [0.15, 0.2) is 0 Å². The molecule has 2 aliphatic carbocycles. The first-order chi connectivity index (χ1) is 8.19. The summed E-state index contributed by atoms with van der Waals surface area (Å²) in [6.07, 6.45) is 6.27. The van der Waals surface area contributed by atoms with Crippen molar-refractivity contribution < 1.29 is 14.7 Å². The third-order valence-corrected chi connectivity index (χ3v) is 4.89. The first-order valence-corrected chi connectivity index (χ1v) is 6.68. The maximum atomic E-state index is 12.3. The Balaban J connectivity index is 1.93. The zero-order chi connectivity index (χ0) is 12.0. The number of fused-ring (bicyclic) bond motifs is 1. The highest BCUT2D eigenvalue weighted by molar-refractivity contribution is 6.06. The van der Waals surface area contributed by atoms with E-state index in [4.69, 9.17) is 0 Å². The summed E-state index contributed by atoms with van der Waals surface area (Å²) in [4.78, 5) is 26.1. The number of hydrogen-bond donors (Lipinski definition) is 1. The average molecular weight is 237 g/mol. The van der Waals surface area contributed by atoms with Gasteiger partial charge in [0.05, 0.1) is 24.0 Å². The molecule has 3 fully saturated rings. The van der Waals surface area contributed by atoms with Crippen LogP contribution in [0.4, 0.5) is 0 Å². The second-order valence-electron chi connectivity index (χ2n) is 5.75. The molecular formula is C13H19NO3. The SMILES string of the molecule is O=C1C2CCCC2C(=O)N1C1(CO)CCCC1. The number of carbonyl (C=O) groups is 2. The largest absolute Gasteiger partial charge is 0.394 e. The van der Waals surface area contributed by atoms with E-state index in [0.717, 1.165) is 44.9 Å². The van der Waals surface area contributed by atoms with Gasteiger partial charge in [0, 0.05) is 0 Å². The molecule has 3 rings (SSSR count). The van der Waals surface area contributed by atoms with Crippen molar-refractivity contribution in [2.75, 3.05) is 6.61 Å². The van der Waals surface area contributed by atoms with Gasteiger partial charge in [-0.05, 0) is 25.7 Å². The van der Waals surface area contributed by atoms with Crippen molar-refractivity contribution in [1.82, 2.24) is 4.90 Å². The zero-order valence-corrected chi connectivity index (χ0v) is 10.0. The Bertz CT molecular complexity index is 338. The molecule has 0 bridgehead atoms. The number of aliphatic hydroxyl groups is 1. The van der Waals surface area contributed by atoms with E-state index in [-0.39, 0.29) is 30.3 Å². The maximum Gasteiger partial charge on any atom is 0.233 e. The van der Waals surface area contributed by atoms with Gasteiger partial charge >= 0.3 is 0 Å². The lowest BCUT2D eigenvalue weighted by atomic mass is 9.96. The summed E-state index contributed by atoms with van der Waals surface area (Å²) < 4.78 is 0. The van der Waals surface area contributed by atoms with Gasteiger partial charge < -0.3 is 5.11 Å². The predicted molar refractivity (Wildman–Crippen MR) is 61.0 cm³/mol. The normalized spacial score (nSPS) is 35.7. The molecular weight excluding hydrogens is 218 g/mol. The highest BCUT2D eigenvalue weighted by Gasteiger charge is 2.56. The molecule has 1 aliphatic heterocycles. The van der Waals surface area contributed by atoms with Crippen LogP contribution in [-0.4, -0.2) is 34.0 Å². The minimum absolute atomic E-state index is 0.00606. The molecule has 2 saturated carbocycles. The smallest absolute Gasteiger partial charge is 0.233 e. The predicted octanol–water partition coefficient (Wildman–Crippen LogP) is 1.08. The van der Waals surface area contributed by atoms with E-state index in [1.807, 2.05) is 0 Å². The highest BCUT2D eigenvalue weighted by Crippen LogP contribution is 2.46. The molecule has 0 spiro atoms. The molecule has 2 atom stereocenters. The molecule has 0 aromatic rings. The third-order valence-electron chi connectivity index (χ3n) is 4.89. The number of rotatable bonds is 2. The molecule has 4 nitrogen and oxygen atoms in total. The van der Waals surface area contributed by atoms with Crippen molar-refractivity contribution in [2.45, 2.75) is 50.5 Å². The molecule has 0 radical (unpaired) electrons. The summed E-state index contributed by atoms with van der Waals surface area (Å²) in [6, 6.07) is 0. The Hall–Kier alpha value is -0.900. The average Bonchev–Trinajstić information content (AvgIpc) is 3.01. The van der Waals surface area contributed by atoms with Crippen LogP contribution in [0.15, 0.2) is 0 Å². The van der Waals surface area contributed by atoms with Gasteiger partial charge in [-0.15, -0.1) is 0 Å². The molecule has 1 heterocycles. The van der Waals surface area contributed by atoms with Gasteiger partial charge in [-0.25, -0.2) is 0 Å². The Morgan fingerprint density at radius 3 is 2.06 bits per heavy atom. The standard InChI is InChI=1S/C13H19NO3/c15-8-13(6-1-2-7-13)14-11(16)9-4-3-5-10(9)12(14)17/h9-10,15H,1-8H2. The lowest BCUT2D eigenvalue weighted by Gasteiger charge is -2.36. The van der Waals surface area contributed by atoms with Gasteiger partial charge in [-0.1, -0.05) is 19.3 Å². The number of nitrogens with zero attached hydrogens (tertiary/aromatic N) is 1. The minimum atomic E-state index is -0.557. The summed E-state index contributed by atoms with van der Waals surface area (Å²) in [5, 5.41) is 9.63. The van der Waals surface area contributed by atoms with Crippen molar-refractivity contribution in [1.29, 1.82) is 0 Å². The maximum absolute atomic E-state index is 12.3. The van der Waals surface area contributed by atoms with Crippen LogP contribution in [0.2, 0.25) is 0 Å². The van der Waals surface area contributed by atoms with Crippen LogP contribution in [0.3, 0.4) is 0 Å². The number of imide groups is 1. The van der Waals surface area contributed by atoms with Crippen molar-refractivity contribution in [3.05, 3.63) is 0 Å². The fraction of sp³-hybridized carbons (Fsp3) is 0.846. The van der Waals surface area contributed by atoms with Crippen molar-refractivity contribution in [3.63, 3.8) is 0 Å². The van der Waals surface area contributed by atoms with Crippen LogP contribution >= 0.6 is 0 Å². The Morgan fingerprint density at radius 1 is 1.06 bits per heavy atom. The lowest BCUT2D eigenvalue weighted by Crippen LogP contribution is -2.53. The zero-order valence-electron chi connectivity index (χ0n) is 10.0. The van der Waals surface area contributed by atoms with Gasteiger partial charge in [0.25, 0.3) is 0 Å². The third kappa shape index (κ3) is 1.39. The van der Waals surface area contributed by atoms with E-state index in [9.17, 15) is 14.7 Å². The first-order valence-electron chi connectivity index (χ1n) is 6.68. The van der Waals surface area contributed by atoms with Crippen molar-refractivity contribution in [3.8, 4) is 0 Å². The molecule has 0 aromatic heterocycles. The number of amides is 2. The van der Waals surface area contributed by atoms with E-state index in [0.29, 0.717) is 0 Å². The molecule has 0 aromatic carbocycles. The van der Waals surface area contributed by atoms with Crippen molar-refractivity contribution in [2.24, 2.45) is 11.8 Å². The Morgan fingerprint density at radius 2 is 1.59 bits per heavy atom. The molecule has 2 amide bonds. The van der Waals surface area contributed by atoms with Gasteiger partial charge in [0.2, 0.25) is 11.8 Å². The number of hydrogen-bond acceptors (Lipinski definition) is 3. The summed E-state index contributed by atoms with van der Waals surface area (Å²) in [6.45, 7) is -0.0656. The molecule has 2 unspecified atom stereocenters. The van der Waals surface area contributed by atoms with Crippen LogP contribution in [0.1, 0.15) is 44.9 Å². The lowest BCUT2D eigenvalue weighted by molar-refractivity contribution is -0.149. The highest BCUT2D eigenvalue weighted by atomic mass is 16.3. The van der Waals surface area contributed by atoms with Crippen LogP contribution in [0.25, 0.3) is 0 Å². The van der Waals surface area contributed by atoms with E-state index >= 15 is 0 Å². The van der Waals surface area contributed by atoms with Crippen LogP contribution < -0.4 is 0 Å². The minimum Gasteiger partial charge on any atom is -0.394 e. The van der Waals surface area contributed by atoms with Gasteiger partial charge in [0.1, 0.15) is 0 Å². The van der Waals surface area contributed by atoms with Crippen molar-refractivity contribution >= 4 is 11.8 Å². The fourth-order valence-electron chi connectivity index (χ4n) is 3.94. The molecule has 17 heavy (non-hydrogen) atoms. The van der Waals surface area contributed by atoms with E-state index in [1.165, 1.54) is 4.90 Å². The Kier molecular flexibility index (Phi) is 2.51. The fourth-order valence-corrected chi connectivity index (χ4v) is 3.94. The Labute approximate surface area is 101 Å². The molecule has 4 heteroatoms. The first kappa shape index (κ1) is 11.2. The summed E-state index contributed by atoms with van der Waals surface area (Å²) in [5.41, 5.74) is -0.557. The van der Waals surface area contributed by atoms with Crippen LogP contribution in [0, 0.1) is 11.8 Å². The quantitative estimate of drug-likeness (QED) is 0.731. The topological polar surface area (TPSA) is 57.6 Å². The second-order valence-corrected chi connectivity index (χ2v) is 5.75. The molecule has 94 valence electrons. The number of aliphatic hydroxyl groups excluding tert-OH is 1. The number of likely N-dealkylation sites (tertiary alicyclic amines) is 1. The van der Waals surface area contributed by atoms with Crippen LogP contribution in [0.5, 0.6) is 0 Å². The number of carbonyl (C=O) groups excluding carboxylic acids is 2. The van der Waals surface area contributed by atoms with E-state index in [2.05, 4.69) is 0 Å². The summed E-state index contributed by atoms with van der Waals surface area (Å²) >= 11 is 0. The molecule has 1 saturated heterocycles. The van der Waals surface area contributed by atoms with Gasteiger partial charge in [-0.3, -0.25) is 14.5 Å². The van der Waals surface area contributed by atoms with Crippen LogP contribution in [-0.2, 0) is 9.59 Å². The molecule has 3 aliphatic rings. The second kappa shape index (κ2) is 3.80. The van der Waals surface area contributed by atoms with E-state index < -0.39 is 5.54 Å². The molecule has 1 N–H and O–H groups in total.